The van der Waals surface area contributed by atoms with E-state index in [2.05, 4.69) is 54.6 Å². The van der Waals surface area contributed by atoms with Crippen LogP contribution in [0.3, 0.4) is 0 Å². The maximum atomic E-state index is 3.58. The number of hydrogen-bond donors (Lipinski definition) is 2. The average Bonchev–Trinajstić information content (AvgIpc) is 2.50. The first-order valence-corrected chi connectivity index (χ1v) is 7.98. The smallest absolute Gasteiger partial charge is 0.0418 e. The van der Waals surface area contributed by atoms with Crippen molar-refractivity contribution in [1.82, 2.24) is 10.2 Å². The van der Waals surface area contributed by atoms with Crippen LogP contribution < -0.4 is 10.6 Å². The van der Waals surface area contributed by atoms with Gasteiger partial charge in [0, 0.05) is 37.9 Å². The quantitative estimate of drug-likeness (QED) is 0.749. The van der Waals surface area contributed by atoms with Crippen LogP contribution in [-0.4, -0.2) is 37.6 Å². The minimum absolute atomic E-state index is 0.669. The summed E-state index contributed by atoms with van der Waals surface area (Å²) >= 11 is 0. The van der Waals surface area contributed by atoms with Crippen molar-refractivity contribution in [2.24, 2.45) is 0 Å². The summed E-state index contributed by atoms with van der Waals surface area (Å²) < 4.78 is 0. The van der Waals surface area contributed by atoms with E-state index in [1.54, 1.807) is 0 Å². The molecular formula is C17H29N3. The van der Waals surface area contributed by atoms with Gasteiger partial charge in [0.25, 0.3) is 0 Å². The largest absolute Gasteiger partial charge is 0.385 e. The molecule has 0 aromatic heterocycles. The monoisotopic (exact) mass is 275 g/mol. The van der Waals surface area contributed by atoms with Gasteiger partial charge in [0.05, 0.1) is 0 Å². The van der Waals surface area contributed by atoms with Crippen molar-refractivity contribution >= 4 is 5.69 Å². The summed E-state index contributed by atoms with van der Waals surface area (Å²) in [6.45, 7) is 8.77. The third-order valence-corrected chi connectivity index (χ3v) is 4.46. The summed E-state index contributed by atoms with van der Waals surface area (Å²) in [6.07, 6.45) is 3.68. The zero-order valence-corrected chi connectivity index (χ0v) is 13.2. The van der Waals surface area contributed by atoms with E-state index in [4.69, 9.17) is 0 Å². The lowest BCUT2D eigenvalue weighted by Crippen LogP contribution is -2.35. The number of likely N-dealkylation sites (N-methyl/N-ethyl adjacent to an activating group) is 1. The summed E-state index contributed by atoms with van der Waals surface area (Å²) in [6, 6.07) is 7.35. The van der Waals surface area contributed by atoms with Gasteiger partial charge in [-0.2, -0.15) is 0 Å². The number of nitrogens with zero attached hydrogens (tertiary/aromatic N) is 1. The molecule has 0 amide bonds. The van der Waals surface area contributed by atoms with Gasteiger partial charge in [-0.3, -0.25) is 0 Å². The Balaban J connectivity index is 1.80. The topological polar surface area (TPSA) is 27.3 Å². The second-order valence-corrected chi connectivity index (χ2v) is 5.90. The first-order chi connectivity index (χ1) is 9.72. The van der Waals surface area contributed by atoms with Gasteiger partial charge in [-0.1, -0.05) is 25.1 Å². The van der Waals surface area contributed by atoms with Crippen molar-refractivity contribution in [1.29, 1.82) is 0 Å². The first-order valence-electron chi connectivity index (χ1n) is 7.98. The molecule has 0 fully saturated rings. The highest BCUT2D eigenvalue weighted by Crippen LogP contribution is 2.25. The molecule has 20 heavy (non-hydrogen) atoms. The van der Waals surface area contributed by atoms with E-state index in [9.17, 15) is 0 Å². The van der Waals surface area contributed by atoms with E-state index in [0.29, 0.717) is 6.04 Å². The summed E-state index contributed by atoms with van der Waals surface area (Å²) in [4.78, 5) is 2.42. The van der Waals surface area contributed by atoms with Gasteiger partial charge >= 0.3 is 0 Å². The second-order valence-electron chi connectivity index (χ2n) is 5.90. The maximum absolute atomic E-state index is 3.58. The number of fused-ring (bicyclic) bond motifs is 1. The molecule has 2 rings (SSSR count). The molecule has 1 unspecified atom stereocenters. The van der Waals surface area contributed by atoms with E-state index in [-0.39, 0.29) is 0 Å². The van der Waals surface area contributed by atoms with Gasteiger partial charge in [-0.15, -0.1) is 0 Å². The molecule has 0 spiro atoms. The Morgan fingerprint density at radius 3 is 3.05 bits per heavy atom. The molecule has 0 radical (unpaired) electrons. The van der Waals surface area contributed by atoms with E-state index in [0.717, 1.165) is 26.2 Å². The number of anilines is 1. The third kappa shape index (κ3) is 3.97. The van der Waals surface area contributed by atoms with Crippen LogP contribution in [0.4, 0.5) is 5.69 Å². The van der Waals surface area contributed by atoms with Crippen LogP contribution in [0.25, 0.3) is 0 Å². The maximum Gasteiger partial charge on any atom is 0.0418 e. The van der Waals surface area contributed by atoms with Crippen LogP contribution >= 0.6 is 0 Å². The Morgan fingerprint density at radius 1 is 1.40 bits per heavy atom. The van der Waals surface area contributed by atoms with Crippen molar-refractivity contribution in [3.05, 3.63) is 29.3 Å². The molecule has 1 aromatic rings. The Morgan fingerprint density at radius 2 is 2.25 bits per heavy atom. The average molecular weight is 275 g/mol. The minimum atomic E-state index is 0.669. The number of nitrogens with one attached hydrogen (secondary N) is 2. The van der Waals surface area contributed by atoms with Crippen molar-refractivity contribution in [3.8, 4) is 0 Å². The Hall–Kier alpha value is -1.06. The van der Waals surface area contributed by atoms with Crippen molar-refractivity contribution < 1.29 is 0 Å². The zero-order chi connectivity index (χ0) is 14.4. The molecule has 0 saturated heterocycles. The van der Waals surface area contributed by atoms with Crippen LogP contribution in [0.1, 0.15) is 37.8 Å². The fourth-order valence-electron chi connectivity index (χ4n) is 2.74. The SMILES string of the molecule is CCC(C)N(C)CCNCc1cccc2c1NCCC2. The molecule has 3 heteroatoms. The molecular weight excluding hydrogens is 246 g/mol. The highest BCUT2D eigenvalue weighted by atomic mass is 15.1. The predicted octanol–water partition coefficient (Wildman–Crippen LogP) is 2.86. The molecule has 3 nitrogen and oxygen atoms in total. The summed E-state index contributed by atoms with van der Waals surface area (Å²) in [5.41, 5.74) is 4.27. The number of para-hydroxylation sites is 1. The van der Waals surface area contributed by atoms with Crippen molar-refractivity contribution in [2.45, 2.75) is 45.7 Å². The van der Waals surface area contributed by atoms with Gasteiger partial charge in [-0.25, -0.2) is 0 Å². The lowest BCUT2D eigenvalue weighted by atomic mass is 9.99. The van der Waals surface area contributed by atoms with E-state index in [1.165, 1.54) is 36.1 Å². The summed E-state index contributed by atoms with van der Waals surface area (Å²) in [5, 5.41) is 7.14. The molecule has 0 saturated carbocycles. The van der Waals surface area contributed by atoms with Gasteiger partial charge in [0.2, 0.25) is 0 Å². The second kappa shape index (κ2) is 7.65. The van der Waals surface area contributed by atoms with Crippen LogP contribution in [-0.2, 0) is 13.0 Å². The molecule has 1 aliphatic heterocycles. The van der Waals surface area contributed by atoms with Crippen molar-refractivity contribution in [3.63, 3.8) is 0 Å². The normalized spacial score (nSPS) is 15.8. The van der Waals surface area contributed by atoms with Crippen LogP contribution in [0.5, 0.6) is 0 Å². The number of aryl methyl sites for hydroxylation is 1. The molecule has 1 heterocycles. The van der Waals surface area contributed by atoms with E-state index >= 15 is 0 Å². The van der Waals surface area contributed by atoms with Crippen LogP contribution in [0.2, 0.25) is 0 Å². The lowest BCUT2D eigenvalue weighted by molar-refractivity contribution is 0.252. The highest BCUT2D eigenvalue weighted by molar-refractivity contribution is 5.59. The van der Waals surface area contributed by atoms with E-state index < -0.39 is 0 Å². The van der Waals surface area contributed by atoms with Crippen LogP contribution in [0, 0.1) is 0 Å². The molecule has 0 aliphatic carbocycles. The minimum Gasteiger partial charge on any atom is -0.385 e. The highest BCUT2D eigenvalue weighted by Gasteiger charge is 2.12. The molecule has 2 N–H and O–H groups in total. The van der Waals surface area contributed by atoms with Gasteiger partial charge in [0.1, 0.15) is 0 Å². The molecule has 1 atom stereocenters. The first kappa shape index (κ1) is 15.3. The summed E-state index contributed by atoms with van der Waals surface area (Å²) in [5.74, 6) is 0. The zero-order valence-electron chi connectivity index (χ0n) is 13.2. The predicted molar refractivity (Wildman–Crippen MR) is 87.3 cm³/mol. The number of rotatable bonds is 7. The lowest BCUT2D eigenvalue weighted by Gasteiger charge is -2.24. The van der Waals surface area contributed by atoms with E-state index in [1.807, 2.05) is 0 Å². The standard InChI is InChI=1S/C17H29N3/c1-4-14(2)20(3)12-11-18-13-16-8-5-7-15-9-6-10-19-17(15)16/h5,7-8,14,18-19H,4,6,9-13H2,1-3H3. The third-order valence-electron chi connectivity index (χ3n) is 4.46. The fraction of sp³-hybridized carbons (Fsp3) is 0.647. The molecule has 1 aliphatic rings. The van der Waals surface area contributed by atoms with Gasteiger partial charge < -0.3 is 15.5 Å². The number of hydrogen-bond acceptors (Lipinski definition) is 3. The van der Waals surface area contributed by atoms with Crippen LogP contribution in [0.15, 0.2) is 18.2 Å². The van der Waals surface area contributed by atoms with Gasteiger partial charge in [-0.05, 0) is 44.4 Å². The Kier molecular flexibility index (Phi) is 5.86. The Bertz CT molecular complexity index is 417. The number of benzene rings is 1. The van der Waals surface area contributed by atoms with Crippen molar-refractivity contribution in [2.75, 3.05) is 32.0 Å². The summed E-state index contributed by atoms with van der Waals surface area (Å²) in [7, 11) is 2.21. The Labute approximate surface area is 123 Å². The molecule has 112 valence electrons. The fourth-order valence-corrected chi connectivity index (χ4v) is 2.74. The molecule has 1 aromatic carbocycles. The molecule has 0 bridgehead atoms. The van der Waals surface area contributed by atoms with Gasteiger partial charge in [0.15, 0.2) is 0 Å².